The summed E-state index contributed by atoms with van der Waals surface area (Å²) in [5, 5.41) is 0.947. The molecule has 0 N–H and O–H groups in total. The average molecular weight is 352 g/mol. The van der Waals surface area contributed by atoms with E-state index in [1.807, 2.05) is 37.3 Å². The summed E-state index contributed by atoms with van der Waals surface area (Å²) in [6.45, 7) is 3.03. The van der Waals surface area contributed by atoms with Gasteiger partial charge >= 0.3 is 0 Å². The van der Waals surface area contributed by atoms with Gasteiger partial charge in [0.15, 0.2) is 0 Å². The molecule has 0 aliphatic heterocycles. The molecule has 5 heteroatoms. The van der Waals surface area contributed by atoms with E-state index in [-0.39, 0.29) is 12.3 Å². The minimum atomic E-state index is 0.00897. The van der Waals surface area contributed by atoms with Gasteiger partial charge in [0.05, 0.1) is 23.1 Å². The zero-order valence-electron chi connectivity index (χ0n) is 13.2. The second-order valence-electron chi connectivity index (χ2n) is 5.22. The second kappa shape index (κ2) is 8.23. The summed E-state index contributed by atoms with van der Waals surface area (Å²) in [4.78, 5) is 14.1. The van der Waals surface area contributed by atoms with E-state index in [0.717, 1.165) is 16.9 Å². The summed E-state index contributed by atoms with van der Waals surface area (Å²) in [6.07, 6.45) is 0.282. The van der Waals surface area contributed by atoms with Gasteiger partial charge in [0.2, 0.25) is 5.91 Å². The molecule has 0 heterocycles. The van der Waals surface area contributed by atoms with Crippen molar-refractivity contribution in [2.24, 2.45) is 0 Å². The first-order chi connectivity index (χ1) is 11.0. The van der Waals surface area contributed by atoms with Crippen LogP contribution in [0.4, 0.5) is 0 Å². The van der Waals surface area contributed by atoms with Crippen LogP contribution in [0.25, 0.3) is 0 Å². The minimum absolute atomic E-state index is 0.00897. The van der Waals surface area contributed by atoms with E-state index in [0.29, 0.717) is 23.2 Å². The molecule has 0 saturated carbocycles. The molecule has 0 aliphatic carbocycles. The molecule has 2 rings (SSSR count). The molecule has 0 radical (unpaired) electrons. The van der Waals surface area contributed by atoms with E-state index in [2.05, 4.69) is 0 Å². The van der Waals surface area contributed by atoms with Gasteiger partial charge in [-0.3, -0.25) is 4.79 Å². The van der Waals surface area contributed by atoms with Gasteiger partial charge in [-0.1, -0.05) is 47.5 Å². The van der Waals surface area contributed by atoms with E-state index in [9.17, 15) is 4.79 Å². The molecule has 0 saturated heterocycles. The Kier molecular flexibility index (Phi) is 6.31. The summed E-state index contributed by atoms with van der Waals surface area (Å²) in [5.41, 5.74) is 1.83. The molecular weight excluding hydrogens is 333 g/mol. The maximum atomic E-state index is 12.4. The number of para-hydroxylation sites is 1. The van der Waals surface area contributed by atoms with Crippen molar-refractivity contribution in [3.8, 4) is 5.75 Å². The molecule has 0 fully saturated rings. The Morgan fingerprint density at radius 1 is 1.13 bits per heavy atom. The first-order valence-corrected chi connectivity index (χ1v) is 8.15. The van der Waals surface area contributed by atoms with Crippen LogP contribution in [-0.2, 0) is 17.8 Å². The van der Waals surface area contributed by atoms with Gasteiger partial charge < -0.3 is 9.64 Å². The lowest BCUT2D eigenvalue weighted by molar-refractivity contribution is -0.129. The van der Waals surface area contributed by atoms with Crippen LogP contribution in [-0.4, -0.2) is 24.5 Å². The number of carbonyl (C=O) groups excluding carboxylic acids is 1. The lowest BCUT2D eigenvalue weighted by Gasteiger charge is -2.19. The zero-order valence-corrected chi connectivity index (χ0v) is 14.7. The lowest BCUT2D eigenvalue weighted by Crippen LogP contribution is -2.28. The molecular formula is C18H19Cl2NO2. The van der Waals surface area contributed by atoms with Crippen molar-refractivity contribution in [3.63, 3.8) is 0 Å². The summed E-state index contributed by atoms with van der Waals surface area (Å²) in [7, 11) is 1.78. The summed E-state index contributed by atoms with van der Waals surface area (Å²) in [5.74, 6) is 0.818. The Morgan fingerprint density at radius 3 is 2.57 bits per heavy atom. The molecule has 0 aromatic heterocycles. The predicted octanol–water partition coefficient (Wildman–Crippen LogP) is 4.59. The van der Waals surface area contributed by atoms with Crippen LogP contribution in [0.1, 0.15) is 18.1 Å². The van der Waals surface area contributed by atoms with Crippen LogP contribution >= 0.6 is 23.2 Å². The maximum Gasteiger partial charge on any atom is 0.227 e. The summed E-state index contributed by atoms with van der Waals surface area (Å²) in [6, 6.07) is 13.0. The van der Waals surface area contributed by atoms with Gasteiger partial charge in [0, 0.05) is 19.2 Å². The fourth-order valence-corrected chi connectivity index (χ4v) is 2.55. The number of hydrogen-bond donors (Lipinski definition) is 0. The van der Waals surface area contributed by atoms with Crippen molar-refractivity contribution in [2.75, 3.05) is 13.7 Å². The molecule has 0 bridgehead atoms. The third-order valence-electron chi connectivity index (χ3n) is 3.45. The summed E-state index contributed by atoms with van der Waals surface area (Å²) < 4.78 is 5.59. The SMILES string of the molecule is CCOc1ccccc1CN(C)C(=O)Cc1ccc(Cl)c(Cl)c1. The highest BCUT2D eigenvalue weighted by atomic mass is 35.5. The maximum absolute atomic E-state index is 12.4. The van der Waals surface area contributed by atoms with E-state index >= 15 is 0 Å². The zero-order chi connectivity index (χ0) is 16.8. The van der Waals surface area contributed by atoms with Crippen molar-refractivity contribution in [2.45, 2.75) is 19.9 Å². The Morgan fingerprint density at radius 2 is 1.87 bits per heavy atom. The number of benzene rings is 2. The van der Waals surface area contributed by atoms with Crippen LogP contribution in [0.2, 0.25) is 10.0 Å². The summed E-state index contributed by atoms with van der Waals surface area (Å²) >= 11 is 11.9. The molecule has 2 aromatic rings. The molecule has 0 unspecified atom stereocenters. The molecule has 3 nitrogen and oxygen atoms in total. The quantitative estimate of drug-likeness (QED) is 0.761. The first kappa shape index (κ1) is 17.6. The topological polar surface area (TPSA) is 29.5 Å². The third kappa shape index (κ3) is 4.88. The van der Waals surface area contributed by atoms with Crippen molar-refractivity contribution in [1.82, 2.24) is 4.90 Å². The van der Waals surface area contributed by atoms with Crippen molar-refractivity contribution in [3.05, 3.63) is 63.6 Å². The Balaban J connectivity index is 2.04. The Hall–Kier alpha value is -1.71. The lowest BCUT2D eigenvalue weighted by atomic mass is 10.1. The number of nitrogens with zero attached hydrogens (tertiary/aromatic N) is 1. The highest BCUT2D eigenvalue weighted by Crippen LogP contribution is 2.23. The molecule has 0 aliphatic rings. The Bertz CT molecular complexity index is 688. The van der Waals surface area contributed by atoms with Gasteiger partial charge in [0.1, 0.15) is 5.75 Å². The smallest absolute Gasteiger partial charge is 0.227 e. The van der Waals surface area contributed by atoms with Crippen LogP contribution in [0.3, 0.4) is 0 Å². The molecule has 2 aromatic carbocycles. The number of carbonyl (C=O) groups is 1. The molecule has 122 valence electrons. The van der Waals surface area contributed by atoms with Gasteiger partial charge in [-0.2, -0.15) is 0 Å². The second-order valence-corrected chi connectivity index (χ2v) is 6.03. The number of amides is 1. The van der Waals surface area contributed by atoms with Gasteiger partial charge in [-0.05, 0) is 30.7 Å². The fraction of sp³-hybridized carbons (Fsp3) is 0.278. The number of rotatable bonds is 6. The molecule has 0 spiro atoms. The van der Waals surface area contributed by atoms with Gasteiger partial charge in [0.25, 0.3) is 0 Å². The normalized spacial score (nSPS) is 10.4. The van der Waals surface area contributed by atoms with Crippen LogP contribution in [0, 0.1) is 0 Å². The molecule has 23 heavy (non-hydrogen) atoms. The van der Waals surface area contributed by atoms with Crippen molar-refractivity contribution in [1.29, 1.82) is 0 Å². The fourth-order valence-electron chi connectivity index (χ4n) is 2.23. The van der Waals surface area contributed by atoms with E-state index in [4.69, 9.17) is 27.9 Å². The highest BCUT2D eigenvalue weighted by molar-refractivity contribution is 6.42. The predicted molar refractivity (Wildman–Crippen MR) is 94.3 cm³/mol. The van der Waals surface area contributed by atoms with Crippen LogP contribution in [0.5, 0.6) is 5.75 Å². The number of ether oxygens (including phenoxy) is 1. The molecule has 1 amide bonds. The monoisotopic (exact) mass is 351 g/mol. The highest BCUT2D eigenvalue weighted by Gasteiger charge is 2.13. The first-order valence-electron chi connectivity index (χ1n) is 7.40. The van der Waals surface area contributed by atoms with Gasteiger partial charge in [-0.15, -0.1) is 0 Å². The third-order valence-corrected chi connectivity index (χ3v) is 4.18. The van der Waals surface area contributed by atoms with Crippen LogP contribution < -0.4 is 4.74 Å². The van der Waals surface area contributed by atoms with Crippen LogP contribution in [0.15, 0.2) is 42.5 Å². The van der Waals surface area contributed by atoms with E-state index in [1.54, 1.807) is 24.1 Å². The average Bonchev–Trinajstić information content (AvgIpc) is 2.53. The van der Waals surface area contributed by atoms with Crippen molar-refractivity contribution >= 4 is 29.1 Å². The largest absolute Gasteiger partial charge is 0.494 e. The minimum Gasteiger partial charge on any atom is -0.494 e. The van der Waals surface area contributed by atoms with Gasteiger partial charge in [-0.25, -0.2) is 0 Å². The number of hydrogen-bond acceptors (Lipinski definition) is 2. The number of halogens is 2. The van der Waals surface area contributed by atoms with E-state index in [1.165, 1.54) is 0 Å². The standard InChI is InChI=1S/C18H19Cl2NO2/c1-3-23-17-7-5-4-6-14(17)12-21(2)18(22)11-13-8-9-15(19)16(20)10-13/h4-10H,3,11-12H2,1-2H3. The number of likely N-dealkylation sites (N-methyl/N-ethyl adjacent to an activating group) is 1. The Labute approximate surface area is 146 Å². The molecule has 0 atom stereocenters. The van der Waals surface area contributed by atoms with Crippen molar-refractivity contribution < 1.29 is 9.53 Å². The van der Waals surface area contributed by atoms with E-state index < -0.39 is 0 Å².